The van der Waals surface area contributed by atoms with E-state index in [0.29, 0.717) is 39.6 Å². The Morgan fingerprint density at radius 2 is 1.97 bits per heavy atom. The van der Waals surface area contributed by atoms with Crippen LogP contribution in [-0.4, -0.2) is 47.6 Å². The van der Waals surface area contributed by atoms with Crippen LogP contribution in [0.15, 0.2) is 42.7 Å². The van der Waals surface area contributed by atoms with E-state index in [1.54, 1.807) is 36.1 Å². The van der Waals surface area contributed by atoms with E-state index in [1.807, 2.05) is 0 Å². The first-order chi connectivity index (χ1) is 17.6. The van der Waals surface area contributed by atoms with Crippen molar-refractivity contribution in [3.63, 3.8) is 0 Å². The molecule has 2 unspecified atom stereocenters. The second kappa shape index (κ2) is 8.15. The van der Waals surface area contributed by atoms with Gasteiger partial charge in [-0.3, -0.25) is 19.3 Å². The van der Waals surface area contributed by atoms with E-state index in [9.17, 15) is 22.8 Å². The zero-order valence-corrected chi connectivity index (χ0v) is 19.7. The van der Waals surface area contributed by atoms with Gasteiger partial charge in [-0.15, -0.1) is 0 Å². The van der Waals surface area contributed by atoms with Crippen LogP contribution in [0.4, 0.5) is 19.0 Å². The number of alkyl halides is 3. The maximum Gasteiger partial charge on any atom is 0.417 e. The smallest absolute Gasteiger partial charge is 0.383 e. The maximum absolute atomic E-state index is 13.9. The summed E-state index contributed by atoms with van der Waals surface area (Å²) >= 11 is 0. The average Bonchev–Trinajstić information content (AvgIpc) is 3.57. The Morgan fingerprint density at radius 3 is 2.65 bits per heavy atom. The zero-order chi connectivity index (χ0) is 26.1. The van der Waals surface area contributed by atoms with Gasteiger partial charge < -0.3 is 5.73 Å². The third kappa shape index (κ3) is 3.74. The van der Waals surface area contributed by atoms with Gasteiger partial charge in [0.05, 0.1) is 46.5 Å². The molecule has 2 atom stereocenters. The van der Waals surface area contributed by atoms with Crippen LogP contribution in [0.2, 0.25) is 0 Å². The van der Waals surface area contributed by atoms with Crippen molar-refractivity contribution in [1.82, 2.24) is 29.8 Å². The predicted molar refractivity (Wildman–Crippen MR) is 128 cm³/mol. The number of aryl methyl sites for hydroxylation is 1. The lowest BCUT2D eigenvalue weighted by molar-refractivity contribution is -0.149. The molecule has 9 nitrogen and oxygen atoms in total. The molecule has 6 rings (SSSR count). The molecule has 4 aromatic rings. The molecule has 2 fully saturated rings. The summed E-state index contributed by atoms with van der Waals surface area (Å²) in [5, 5.41) is 8.36. The molecule has 0 spiro atoms. The number of benzene rings is 1. The Hall–Kier alpha value is -4.22. The lowest BCUT2D eigenvalue weighted by atomic mass is 10.1. The summed E-state index contributed by atoms with van der Waals surface area (Å²) in [7, 11) is 1.76. The molecule has 3 aromatic heterocycles. The fraction of sp³-hybridized carbons (Fsp3) is 0.320. The molecule has 1 aliphatic heterocycles. The van der Waals surface area contributed by atoms with Gasteiger partial charge in [-0.2, -0.15) is 18.3 Å². The van der Waals surface area contributed by atoms with Crippen molar-refractivity contribution in [1.29, 1.82) is 0 Å². The SMILES string of the molecule is Cn1ncc2c(N)nc3ccc(C(=O)N(Cc4ccc(C(F)(F)F)cn4)N4C(=O)C5CCC4C5)cc3c21. The molecular formula is C25H22F3N7O2. The molecule has 37 heavy (non-hydrogen) atoms. The molecule has 190 valence electrons. The highest BCUT2D eigenvalue weighted by Crippen LogP contribution is 2.40. The Morgan fingerprint density at radius 1 is 1.16 bits per heavy atom. The van der Waals surface area contributed by atoms with Gasteiger partial charge in [0.1, 0.15) is 5.82 Å². The topological polar surface area (TPSA) is 110 Å². The minimum Gasteiger partial charge on any atom is -0.383 e. The fourth-order valence-corrected chi connectivity index (χ4v) is 5.41. The highest BCUT2D eigenvalue weighted by atomic mass is 19.4. The Kier molecular flexibility index (Phi) is 5.11. The number of pyridine rings is 2. The van der Waals surface area contributed by atoms with Gasteiger partial charge in [0, 0.05) is 30.1 Å². The number of carbonyl (C=O) groups is 2. The standard InChI is InChI=1S/C25H22F3N7O2/c1-33-21-18-9-14(3-7-20(18)32-22(29)19(21)11-31-33)23(36)34(35-17-6-2-13(8-17)24(35)37)12-16-5-4-15(10-30-16)25(26,27)28/h3-5,7,9-11,13,17H,2,6,8,12H2,1H3,(H2,29,32). The summed E-state index contributed by atoms with van der Waals surface area (Å²) in [4.78, 5) is 35.3. The van der Waals surface area contributed by atoms with Crippen molar-refractivity contribution in [3.05, 3.63) is 59.5 Å². The number of aromatic nitrogens is 4. The third-order valence-corrected chi connectivity index (χ3v) is 7.24. The highest BCUT2D eigenvalue weighted by Gasteiger charge is 2.48. The molecule has 4 heterocycles. The fourth-order valence-electron chi connectivity index (χ4n) is 5.41. The van der Waals surface area contributed by atoms with Crippen LogP contribution in [0.25, 0.3) is 21.8 Å². The summed E-state index contributed by atoms with van der Waals surface area (Å²) in [5.74, 6) is -0.445. The van der Waals surface area contributed by atoms with Gasteiger partial charge in [0.2, 0.25) is 5.91 Å². The number of amides is 2. The second-order valence-electron chi connectivity index (χ2n) is 9.50. The monoisotopic (exact) mass is 509 g/mol. The molecule has 2 bridgehead atoms. The van der Waals surface area contributed by atoms with Gasteiger partial charge in [-0.05, 0) is 49.6 Å². The van der Waals surface area contributed by atoms with E-state index < -0.39 is 17.6 Å². The van der Waals surface area contributed by atoms with Crippen LogP contribution in [0.1, 0.15) is 40.9 Å². The van der Waals surface area contributed by atoms with Crippen LogP contribution in [-0.2, 0) is 24.6 Å². The van der Waals surface area contributed by atoms with Gasteiger partial charge in [0.25, 0.3) is 5.91 Å². The first kappa shape index (κ1) is 23.2. The number of nitrogens with two attached hydrogens (primary N) is 1. The Bertz CT molecular complexity index is 1560. The number of nitrogen functional groups attached to an aromatic ring is 1. The van der Waals surface area contributed by atoms with Gasteiger partial charge in [0.15, 0.2) is 0 Å². The van der Waals surface area contributed by atoms with E-state index in [1.165, 1.54) is 16.1 Å². The molecule has 2 aliphatic rings. The Balaban J connectivity index is 1.41. The van der Waals surface area contributed by atoms with Crippen molar-refractivity contribution in [2.24, 2.45) is 13.0 Å². The summed E-state index contributed by atoms with van der Waals surface area (Å²) in [6, 6.07) is 6.98. The van der Waals surface area contributed by atoms with E-state index >= 15 is 0 Å². The predicted octanol–water partition coefficient (Wildman–Crippen LogP) is 3.69. The normalized spacial score (nSPS) is 19.4. The molecular weight excluding hydrogens is 487 g/mol. The average molecular weight is 509 g/mol. The number of piperidine rings is 1. The highest BCUT2D eigenvalue weighted by molar-refractivity contribution is 6.10. The zero-order valence-electron chi connectivity index (χ0n) is 19.7. The van der Waals surface area contributed by atoms with Crippen LogP contribution in [0, 0.1) is 5.92 Å². The van der Waals surface area contributed by atoms with Crippen LogP contribution >= 0.6 is 0 Å². The molecule has 12 heteroatoms. The molecule has 1 aromatic carbocycles. The summed E-state index contributed by atoms with van der Waals surface area (Å²) in [5.41, 5.74) is 7.02. The second-order valence-corrected chi connectivity index (χ2v) is 9.50. The van der Waals surface area contributed by atoms with E-state index in [2.05, 4.69) is 15.1 Å². The Labute approximate surface area is 208 Å². The molecule has 1 saturated heterocycles. The summed E-state index contributed by atoms with van der Waals surface area (Å²) < 4.78 is 40.7. The molecule has 2 amide bonds. The van der Waals surface area contributed by atoms with Crippen molar-refractivity contribution in [2.75, 3.05) is 5.73 Å². The summed E-state index contributed by atoms with van der Waals surface area (Å²) in [6.07, 6.45) is -0.00133. The van der Waals surface area contributed by atoms with E-state index in [0.717, 1.165) is 25.1 Å². The van der Waals surface area contributed by atoms with Crippen LogP contribution in [0.3, 0.4) is 0 Å². The van der Waals surface area contributed by atoms with Crippen molar-refractivity contribution >= 4 is 39.4 Å². The quantitative estimate of drug-likeness (QED) is 0.449. The number of nitrogens with zero attached hydrogens (tertiary/aromatic N) is 6. The van der Waals surface area contributed by atoms with Crippen LogP contribution in [0.5, 0.6) is 0 Å². The molecule has 0 radical (unpaired) electrons. The van der Waals surface area contributed by atoms with Gasteiger partial charge in [-0.1, -0.05) is 0 Å². The maximum atomic E-state index is 13.9. The van der Waals surface area contributed by atoms with Crippen molar-refractivity contribution < 1.29 is 22.8 Å². The molecule has 1 saturated carbocycles. The van der Waals surface area contributed by atoms with Gasteiger partial charge in [-0.25, -0.2) is 15.0 Å². The number of rotatable bonds is 4. The number of fused-ring (bicyclic) bond motifs is 5. The number of hydrazine groups is 1. The van der Waals surface area contributed by atoms with Crippen molar-refractivity contribution in [2.45, 2.75) is 38.0 Å². The van der Waals surface area contributed by atoms with Gasteiger partial charge >= 0.3 is 6.18 Å². The number of hydrogen-bond acceptors (Lipinski definition) is 6. The van der Waals surface area contributed by atoms with E-state index in [4.69, 9.17) is 5.73 Å². The number of halogens is 3. The molecule has 2 N–H and O–H groups in total. The number of hydrogen-bond donors (Lipinski definition) is 1. The van der Waals surface area contributed by atoms with E-state index in [-0.39, 0.29) is 30.1 Å². The largest absolute Gasteiger partial charge is 0.417 e. The van der Waals surface area contributed by atoms with Crippen LogP contribution < -0.4 is 5.73 Å². The molecule has 1 aliphatic carbocycles. The minimum absolute atomic E-state index is 0.137. The lowest BCUT2D eigenvalue weighted by Gasteiger charge is -2.37. The third-order valence-electron chi connectivity index (χ3n) is 7.24. The first-order valence-corrected chi connectivity index (χ1v) is 11.8. The summed E-state index contributed by atoms with van der Waals surface area (Å²) in [6.45, 7) is -0.148. The first-order valence-electron chi connectivity index (χ1n) is 11.8. The number of anilines is 1. The minimum atomic E-state index is -4.52. The lowest BCUT2D eigenvalue weighted by Crippen LogP contribution is -2.52. The number of carbonyl (C=O) groups excluding carboxylic acids is 2. The van der Waals surface area contributed by atoms with Crippen molar-refractivity contribution in [3.8, 4) is 0 Å².